The van der Waals surface area contributed by atoms with Crippen LogP contribution in [0.25, 0.3) is 0 Å². The zero-order valence-electron chi connectivity index (χ0n) is 11.4. The van der Waals surface area contributed by atoms with Gasteiger partial charge in [-0.05, 0) is 26.7 Å². The summed E-state index contributed by atoms with van der Waals surface area (Å²) in [6.45, 7) is 3.66. The molecule has 0 aromatic carbocycles. The maximum atomic E-state index is 12.1. The second-order valence-corrected chi connectivity index (χ2v) is 4.45. The van der Waals surface area contributed by atoms with Gasteiger partial charge in [-0.15, -0.1) is 0 Å². The number of carbonyl (C=O) groups excluding carboxylic acids is 3. The lowest BCUT2D eigenvalue weighted by molar-refractivity contribution is -0.173. The van der Waals surface area contributed by atoms with E-state index in [-0.39, 0.29) is 31.8 Å². The van der Waals surface area contributed by atoms with Crippen LogP contribution in [0, 0.1) is 5.41 Å². The molecule has 19 heavy (non-hydrogen) atoms. The Kier molecular flexibility index (Phi) is 5.73. The van der Waals surface area contributed by atoms with E-state index < -0.39 is 17.4 Å². The molecule has 0 spiro atoms. The monoisotopic (exact) mass is 268 g/mol. The molecule has 0 atom stereocenters. The third-order valence-corrected chi connectivity index (χ3v) is 3.05. The Hall–Kier alpha value is -1.65. The molecule has 0 heterocycles. The normalized spacial score (nSPS) is 20.0. The van der Waals surface area contributed by atoms with Crippen LogP contribution in [0.4, 0.5) is 0 Å². The summed E-state index contributed by atoms with van der Waals surface area (Å²) in [6.07, 6.45) is 4.54. The van der Waals surface area contributed by atoms with Crippen LogP contribution in [0.2, 0.25) is 0 Å². The Morgan fingerprint density at radius 3 is 2.26 bits per heavy atom. The fourth-order valence-corrected chi connectivity index (χ4v) is 2.08. The van der Waals surface area contributed by atoms with Crippen LogP contribution in [0.5, 0.6) is 0 Å². The van der Waals surface area contributed by atoms with Crippen molar-refractivity contribution < 1.29 is 23.9 Å². The van der Waals surface area contributed by atoms with Crippen molar-refractivity contribution in [2.75, 3.05) is 13.2 Å². The molecule has 106 valence electrons. The van der Waals surface area contributed by atoms with E-state index in [9.17, 15) is 14.4 Å². The van der Waals surface area contributed by atoms with Gasteiger partial charge < -0.3 is 9.47 Å². The van der Waals surface area contributed by atoms with Gasteiger partial charge in [0.25, 0.3) is 0 Å². The van der Waals surface area contributed by atoms with Crippen LogP contribution in [0.15, 0.2) is 12.2 Å². The van der Waals surface area contributed by atoms with E-state index in [0.29, 0.717) is 12.8 Å². The number of hydrogen-bond acceptors (Lipinski definition) is 5. The topological polar surface area (TPSA) is 69.7 Å². The zero-order chi connectivity index (χ0) is 14.3. The first-order valence-electron chi connectivity index (χ1n) is 6.58. The van der Waals surface area contributed by atoms with Crippen molar-refractivity contribution in [2.24, 2.45) is 5.41 Å². The predicted molar refractivity (Wildman–Crippen MR) is 68.3 cm³/mol. The SMILES string of the molecule is CCOC(=O)C1(C(=O)OCC)C/C=C\CCC(=O)C1. The number of ether oxygens (including phenoxy) is 2. The van der Waals surface area contributed by atoms with E-state index in [0.717, 1.165) is 0 Å². The Labute approximate surface area is 112 Å². The molecule has 0 N–H and O–H groups in total. The number of hydrogen-bond donors (Lipinski definition) is 0. The van der Waals surface area contributed by atoms with Gasteiger partial charge in [0.1, 0.15) is 5.78 Å². The number of rotatable bonds is 4. The van der Waals surface area contributed by atoms with Gasteiger partial charge in [-0.2, -0.15) is 0 Å². The lowest BCUT2D eigenvalue weighted by atomic mass is 9.77. The molecule has 0 saturated heterocycles. The number of carbonyl (C=O) groups is 3. The minimum absolute atomic E-state index is 0.120. The molecule has 5 heteroatoms. The summed E-state index contributed by atoms with van der Waals surface area (Å²) in [6, 6.07) is 0. The highest BCUT2D eigenvalue weighted by atomic mass is 16.6. The van der Waals surface area contributed by atoms with Crippen LogP contribution < -0.4 is 0 Å². The van der Waals surface area contributed by atoms with Gasteiger partial charge in [0.05, 0.1) is 13.2 Å². The molecule has 1 rings (SSSR count). The zero-order valence-corrected chi connectivity index (χ0v) is 11.4. The number of Topliss-reactive ketones (excluding diaryl/α,β-unsaturated/α-hetero) is 1. The second kappa shape index (κ2) is 7.07. The maximum absolute atomic E-state index is 12.1. The van der Waals surface area contributed by atoms with Gasteiger partial charge in [-0.3, -0.25) is 14.4 Å². The lowest BCUT2D eigenvalue weighted by Gasteiger charge is -2.28. The fourth-order valence-electron chi connectivity index (χ4n) is 2.08. The minimum atomic E-state index is -1.51. The summed E-state index contributed by atoms with van der Waals surface area (Å²) in [4.78, 5) is 36.1. The average molecular weight is 268 g/mol. The van der Waals surface area contributed by atoms with Crippen LogP contribution >= 0.6 is 0 Å². The number of ketones is 1. The van der Waals surface area contributed by atoms with E-state index in [1.54, 1.807) is 19.9 Å². The molecule has 1 aliphatic rings. The first-order chi connectivity index (χ1) is 9.06. The minimum Gasteiger partial charge on any atom is -0.465 e. The van der Waals surface area contributed by atoms with E-state index in [4.69, 9.17) is 9.47 Å². The van der Waals surface area contributed by atoms with Crippen molar-refractivity contribution >= 4 is 17.7 Å². The highest BCUT2D eigenvalue weighted by Gasteiger charge is 2.49. The molecule has 1 aliphatic carbocycles. The van der Waals surface area contributed by atoms with Gasteiger partial charge in [0.15, 0.2) is 5.41 Å². The van der Waals surface area contributed by atoms with Crippen LogP contribution in [-0.2, 0) is 23.9 Å². The third-order valence-electron chi connectivity index (χ3n) is 3.05. The molecular weight excluding hydrogens is 248 g/mol. The van der Waals surface area contributed by atoms with Crippen molar-refractivity contribution in [3.63, 3.8) is 0 Å². The van der Waals surface area contributed by atoms with Crippen LogP contribution in [-0.4, -0.2) is 30.9 Å². The molecule has 5 nitrogen and oxygen atoms in total. The fraction of sp³-hybridized carbons (Fsp3) is 0.643. The molecule has 0 aromatic rings. The first-order valence-corrected chi connectivity index (χ1v) is 6.58. The van der Waals surface area contributed by atoms with Crippen molar-refractivity contribution in [1.82, 2.24) is 0 Å². The van der Waals surface area contributed by atoms with Crippen LogP contribution in [0.1, 0.15) is 39.5 Å². The van der Waals surface area contributed by atoms with Gasteiger partial charge in [0.2, 0.25) is 0 Å². The summed E-state index contributed by atoms with van der Waals surface area (Å²) in [5.74, 6) is -1.47. The van der Waals surface area contributed by atoms with Crippen molar-refractivity contribution in [2.45, 2.75) is 39.5 Å². The van der Waals surface area contributed by atoms with Crippen LogP contribution in [0.3, 0.4) is 0 Å². The van der Waals surface area contributed by atoms with Gasteiger partial charge in [-0.25, -0.2) is 0 Å². The quantitative estimate of drug-likeness (QED) is 0.442. The molecule has 0 bridgehead atoms. The van der Waals surface area contributed by atoms with Gasteiger partial charge in [-0.1, -0.05) is 12.2 Å². The first kappa shape index (κ1) is 15.4. The van der Waals surface area contributed by atoms with Crippen molar-refractivity contribution in [1.29, 1.82) is 0 Å². The molecule has 0 aromatic heterocycles. The highest BCUT2D eigenvalue weighted by Crippen LogP contribution is 2.33. The Balaban J connectivity index is 3.10. The molecule has 0 radical (unpaired) electrons. The summed E-state index contributed by atoms with van der Waals surface area (Å²) in [5.41, 5.74) is -1.51. The molecule has 0 fully saturated rings. The summed E-state index contributed by atoms with van der Waals surface area (Å²) < 4.78 is 9.94. The molecule has 0 unspecified atom stereocenters. The average Bonchev–Trinajstić information content (AvgIpc) is 2.34. The third kappa shape index (κ3) is 3.66. The highest BCUT2D eigenvalue weighted by molar-refractivity contribution is 6.04. The standard InChI is InChI=1S/C14H20O5/c1-3-18-12(16)14(13(17)19-4-2)9-7-5-6-8-11(15)10-14/h5,7H,3-4,6,8-10H2,1-2H3/b7-5-. The summed E-state index contributed by atoms with van der Waals surface area (Å²) in [5, 5.41) is 0. The second-order valence-electron chi connectivity index (χ2n) is 4.45. The molecule has 0 aliphatic heterocycles. The summed E-state index contributed by atoms with van der Waals surface area (Å²) >= 11 is 0. The predicted octanol–water partition coefficient (Wildman–Crippen LogP) is 1.80. The van der Waals surface area contributed by atoms with E-state index >= 15 is 0 Å². The smallest absolute Gasteiger partial charge is 0.324 e. The number of esters is 2. The molecule has 0 saturated carbocycles. The Morgan fingerprint density at radius 1 is 1.16 bits per heavy atom. The Morgan fingerprint density at radius 2 is 1.74 bits per heavy atom. The van der Waals surface area contributed by atoms with Gasteiger partial charge in [0, 0.05) is 12.8 Å². The van der Waals surface area contributed by atoms with Gasteiger partial charge >= 0.3 is 11.9 Å². The Bertz CT molecular complexity index is 365. The lowest BCUT2D eigenvalue weighted by Crippen LogP contribution is -2.43. The van der Waals surface area contributed by atoms with Crippen molar-refractivity contribution in [3.8, 4) is 0 Å². The van der Waals surface area contributed by atoms with Crippen molar-refractivity contribution in [3.05, 3.63) is 12.2 Å². The van der Waals surface area contributed by atoms with E-state index in [2.05, 4.69) is 0 Å². The van der Waals surface area contributed by atoms with E-state index in [1.807, 2.05) is 6.08 Å². The largest absolute Gasteiger partial charge is 0.465 e. The maximum Gasteiger partial charge on any atom is 0.324 e. The number of allylic oxidation sites excluding steroid dienone is 2. The van der Waals surface area contributed by atoms with E-state index in [1.165, 1.54) is 0 Å². The molecule has 0 amide bonds. The summed E-state index contributed by atoms with van der Waals surface area (Å²) in [7, 11) is 0. The molecular formula is C14H20O5.